The van der Waals surface area contributed by atoms with Gasteiger partial charge in [0.1, 0.15) is 0 Å². The number of halogens is 2. The number of pyridine rings is 2. The number of rotatable bonds is 2. The summed E-state index contributed by atoms with van der Waals surface area (Å²) in [5.74, 6) is -0.992. The summed E-state index contributed by atoms with van der Waals surface area (Å²) in [6.45, 7) is 0. The third-order valence-corrected chi connectivity index (χ3v) is 5.09. The first kappa shape index (κ1) is 16.9. The molecule has 1 aliphatic rings. The summed E-state index contributed by atoms with van der Waals surface area (Å²) in [7, 11) is 0. The molecule has 136 valence electrons. The van der Waals surface area contributed by atoms with E-state index in [1.165, 1.54) is 18.3 Å². The van der Waals surface area contributed by atoms with Crippen molar-refractivity contribution >= 4 is 51.7 Å². The molecule has 0 atom stereocenters. The van der Waals surface area contributed by atoms with Crippen molar-refractivity contribution in [2.75, 3.05) is 4.90 Å². The Morgan fingerprint density at radius 1 is 1.00 bits per heavy atom. The smallest absolute Gasteiger partial charge is 0.267 e. The van der Waals surface area contributed by atoms with E-state index in [0.29, 0.717) is 21.7 Å². The van der Waals surface area contributed by atoms with Crippen molar-refractivity contribution in [3.05, 3.63) is 70.1 Å². The molecule has 0 bridgehead atoms. The van der Waals surface area contributed by atoms with Crippen molar-refractivity contribution < 1.29 is 9.59 Å². The molecule has 0 saturated carbocycles. The molecule has 3 aromatic heterocycles. The second kappa shape index (κ2) is 6.12. The lowest BCUT2D eigenvalue weighted by atomic mass is 10.0. The van der Waals surface area contributed by atoms with Gasteiger partial charge in [0.05, 0.1) is 32.9 Å². The summed E-state index contributed by atoms with van der Waals surface area (Å²) in [5.41, 5.74) is 2.40. The number of carbonyl (C=O) groups excluding carboxylic acids is 2. The maximum atomic E-state index is 13.3. The summed E-state index contributed by atoms with van der Waals surface area (Å²) < 4.78 is 0. The van der Waals surface area contributed by atoms with Gasteiger partial charge in [0, 0.05) is 29.2 Å². The van der Waals surface area contributed by atoms with Crippen molar-refractivity contribution in [1.29, 1.82) is 0 Å². The highest BCUT2D eigenvalue weighted by atomic mass is 35.5. The van der Waals surface area contributed by atoms with Crippen molar-refractivity contribution in [2.45, 2.75) is 0 Å². The minimum absolute atomic E-state index is 0.195. The molecule has 4 aromatic rings. The van der Waals surface area contributed by atoms with E-state index in [-0.39, 0.29) is 21.8 Å². The Hall–Kier alpha value is -3.29. The van der Waals surface area contributed by atoms with Gasteiger partial charge < -0.3 is 0 Å². The fourth-order valence-corrected chi connectivity index (χ4v) is 3.80. The fraction of sp³-hybridized carbons (Fsp3) is 0. The molecule has 1 aliphatic heterocycles. The topological polar surface area (TPSA) is 91.8 Å². The molecule has 0 saturated heterocycles. The number of aromatic nitrogens is 4. The number of H-pyrrole nitrogens is 1. The second-order valence-electron chi connectivity index (χ2n) is 6.12. The predicted molar refractivity (Wildman–Crippen MR) is 105 cm³/mol. The van der Waals surface area contributed by atoms with Gasteiger partial charge in [0.25, 0.3) is 11.8 Å². The molecule has 0 aliphatic carbocycles. The first-order valence-corrected chi connectivity index (χ1v) is 8.93. The van der Waals surface area contributed by atoms with Gasteiger partial charge in [-0.1, -0.05) is 23.2 Å². The normalized spacial score (nSPS) is 13.4. The Balaban J connectivity index is 1.75. The molecule has 4 heterocycles. The molecular formula is C19H9Cl2N5O2. The zero-order chi connectivity index (χ0) is 19.4. The molecule has 5 rings (SSSR count). The van der Waals surface area contributed by atoms with Gasteiger partial charge in [-0.25, -0.2) is 9.88 Å². The lowest BCUT2D eigenvalue weighted by molar-refractivity contribution is 0.0926. The van der Waals surface area contributed by atoms with E-state index < -0.39 is 11.8 Å². The van der Waals surface area contributed by atoms with Gasteiger partial charge in [0.15, 0.2) is 5.65 Å². The zero-order valence-electron chi connectivity index (χ0n) is 14.0. The van der Waals surface area contributed by atoms with Gasteiger partial charge >= 0.3 is 0 Å². The number of amides is 2. The highest BCUT2D eigenvalue weighted by Crippen LogP contribution is 2.38. The summed E-state index contributed by atoms with van der Waals surface area (Å²) in [4.78, 5) is 35.5. The summed E-state index contributed by atoms with van der Waals surface area (Å²) in [6.07, 6.45) is 4.62. The van der Waals surface area contributed by atoms with E-state index in [9.17, 15) is 9.59 Å². The highest BCUT2D eigenvalue weighted by Gasteiger charge is 2.40. The number of nitrogens with zero attached hydrogens (tertiary/aromatic N) is 4. The van der Waals surface area contributed by atoms with Gasteiger partial charge in [-0.05, 0) is 30.3 Å². The number of carbonyl (C=O) groups is 2. The van der Waals surface area contributed by atoms with Crippen LogP contribution >= 0.6 is 23.2 Å². The van der Waals surface area contributed by atoms with E-state index >= 15 is 0 Å². The molecule has 0 unspecified atom stereocenters. The van der Waals surface area contributed by atoms with Crippen LogP contribution in [0.2, 0.25) is 10.0 Å². The minimum atomic E-state index is -0.500. The zero-order valence-corrected chi connectivity index (χ0v) is 15.5. The van der Waals surface area contributed by atoms with Crippen LogP contribution < -0.4 is 4.90 Å². The highest BCUT2D eigenvalue weighted by molar-refractivity contribution is 6.42. The first-order chi connectivity index (χ1) is 13.6. The number of anilines is 1. The maximum Gasteiger partial charge on any atom is 0.267 e. The third-order valence-electron chi connectivity index (χ3n) is 4.55. The van der Waals surface area contributed by atoms with Crippen LogP contribution in [0.1, 0.15) is 20.7 Å². The van der Waals surface area contributed by atoms with E-state index in [1.807, 2.05) is 0 Å². The van der Waals surface area contributed by atoms with Crippen LogP contribution in [-0.2, 0) is 0 Å². The Labute approximate surface area is 167 Å². The van der Waals surface area contributed by atoms with Gasteiger partial charge in [-0.3, -0.25) is 19.7 Å². The average Bonchev–Trinajstić information content (AvgIpc) is 3.23. The number of hydrogen-bond donors (Lipinski definition) is 1. The van der Waals surface area contributed by atoms with E-state index in [2.05, 4.69) is 20.2 Å². The van der Waals surface area contributed by atoms with Crippen LogP contribution in [0.25, 0.3) is 22.3 Å². The van der Waals surface area contributed by atoms with Crippen LogP contribution in [0.4, 0.5) is 5.69 Å². The molecule has 7 nitrogen and oxygen atoms in total. The molecule has 0 radical (unpaired) electrons. The molecule has 9 heteroatoms. The molecule has 1 aromatic carbocycles. The Morgan fingerprint density at radius 3 is 2.54 bits per heavy atom. The second-order valence-corrected chi connectivity index (χ2v) is 6.97. The Kier molecular flexibility index (Phi) is 3.68. The Morgan fingerprint density at radius 2 is 1.79 bits per heavy atom. The molecule has 0 fully saturated rings. The lowest BCUT2D eigenvalue weighted by Gasteiger charge is -2.15. The van der Waals surface area contributed by atoms with Crippen molar-refractivity contribution in [1.82, 2.24) is 20.2 Å². The molecule has 1 N–H and O–H groups in total. The molecule has 0 spiro atoms. The van der Waals surface area contributed by atoms with Crippen LogP contribution in [-0.4, -0.2) is 32.0 Å². The monoisotopic (exact) mass is 409 g/mol. The van der Waals surface area contributed by atoms with E-state index in [1.54, 1.807) is 30.6 Å². The molecular weight excluding hydrogens is 401 g/mol. The molecule has 2 amide bonds. The van der Waals surface area contributed by atoms with Crippen LogP contribution in [0.15, 0.2) is 48.9 Å². The van der Waals surface area contributed by atoms with Gasteiger partial charge in [0.2, 0.25) is 0 Å². The SMILES string of the molecule is O=C1c2cnc3n[nH]c(-c4ccncc4)c3c2C(=O)N1c1ccc(Cl)cc1Cl. The quantitative estimate of drug-likeness (QED) is 0.502. The summed E-state index contributed by atoms with van der Waals surface area (Å²) >= 11 is 12.2. The molecule has 28 heavy (non-hydrogen) atoms. The van der Waals surface area contributed by atoms with Crippen molar-refractivity contribution in [3.8, 4) is 11.3 Å². The van der Waals surface area contributed by atoms with Gasteiger partial charge in [-0.15, -0.1) is 0 Å². The van der Waals surface area contributed by atoms with Crippen molar-refractivity contribution in [2.24, 2.45) is 0 Å². The number of aromatic amines is 1. The fourth-order valence-electron chi connectivity index (χ4n) is 3.31. The standard InChI is InChI=1S/C19H9Cl2N5O2/c20-10-1-2-13(12(21)7-10)26-18(27)11-8-23-17-15(14(11)19(26)28)16(24-25-17)9-3-5-22-6-4-9/h1-8H,(H,23,24,25). The lowest BCUT2D eigenvalue weighted by Crippen LogP contribution is -2.29. The average molecular weight is 410 g/mol. The van der Waals surface area contributed by atoms with E-state index in [4.69, 9.17) is 23.2 Å². The predicted octanol–water partition coefficient (Wildman–Crippen LogP) is 4.13. The minimum Gasteiger partial charge on any atom is -0.275 e. The number of imide groups is 1. The number of benzene rings is 1. The maximum absolute atomic E-state index is 13.3. The van der Waals surface area contributed by atoms with Crippen LogP contribution in [0, 0.1) is 0 Å². The number of fused-ring (bicyclic) bond motifs is 3. The van der Waals surface area contributed by atoms with Crippen LogP contribution in [0.5, 0.6) is 0 Å². The van der Waals surface area contributed by atoms with Crippen molar-refractivity contribution in [3.63, 3.8) is 0 Å². The number of nitrogens with one attached hydrogen (secondary N) is 1. The van der Waals surface area contributed by atoms with E-state index in [0.717, 1.165) is 10.5 Å². The largest absolute Gasteiger partial charge is 0.275 e. The van der Waals surface area contributed by atoms with Crippen LogP contribution in [0.3, 0.4) is 0 Å². The summed E-state index contributed by atoms with van der Waals surface area (Å²) in [5, 5.41) is 8.17. The van der Waals surface area contributed by atoms with Gasteiger partial charge in [-0.2, -0.15) is 5.10 Å². The third kappa shape index (κ3) is 2.33. The number of hydrogen-bond acceptors (Lipinski definition) is 5. The summed E-state index contributed by atoms with van der Waals surface area (Å²) in [6, 6.07) is 8.15. The Bertz CT molecular complexity index is 1290. The first-order valence-electron chi connectivity index (χ1n) is 8.17.